The standard InChI is InChI=1S/C18H21O4P.Li.H/c1-10-7-6-8-11(2)14(10)16(19)15-12(20-3)9-13(21-4)18(23)17(15)22-5;;/h6-9H,23H2,1-5H3;;. The van der Waals surface area contributed by atoms with E-state index in [1.807, 2.05) is 32.0 Å². The van der Waals surface area contributed by atoms with E-state index in [0.29, 0.717) is 33.7 Å². The minimum absolute atomic E-state index is 0. The van der Waals surface area contributed by atoms with Crippen molar-refractivity contribution >= 4 is 39.2 Å². The van der Waals surface area contributed by atoms with Crippen molar-refractivity contribution in [3.8, 4) is 17.2 Å². The van der Waals surface area contributed by atoms with Crippen molar-refractivity contribution in [2.24, 2.45) is 0 Å². The molecule has 0 aliphatic rings. The Balaban J connectivity index is 0.00000288. The summed E-state index contributed by atoms with van der Waals surface area (Å²) in [5.41, 5.74) is 2.90. The summed E-state index contributed by atoms with van der Waals surface area (Å²) in [5, 5.41) is 0.686. The van der Waals surface area contributed by atoms with Gasteiger partial charge in [-0.3, -0.25) is 4.79 Å². The van der Waals surface area contributed by atoms with Gasteiger partial charge in [-0.25, -0.2) is 0 Å². The van der Waals surface area contributed by atoms with Gasteiger partial charge in [0.25, 0.3) is 0 Å². The average molecular weight is 340 g/mol. The molecule has 2 aromatic rings. The third kappa shape index (κ3) is 3.62. The summed E-state index contributed by atoms with van der Waals surface area (Å²) in [6.07, 6.45) is 0. The van der Waals surface area contributed by atoms with Gasteiger partial charge in [-0.2, -0.15) is 0 Å². The minimum atomic E-state index is -0.124. The SMILES string of the molecule is COc1cc(OC)c(C(=O)c2c(C)cccc2C)c(OC)c1P.[LiH]. The predicted octanol–water partition coefficient (Wildman–Crippen LogP) is 2.41. The van der Waals surface area contributed by atoms with Crippen LogP contribution in [-0.4, -0.2) is 46.0 Å². The maximum atomic E-state index is 13.2. The number of rotatable bonds is 5. The number of benzene rings is 2. The van der Waals surface area contributed by atoms with Crippen molar-refractivity contribution in [3.63, 3.8) is 0 Å². The van der Waals surface area contributed by atoms with Crippen molar-refractivity contribution < 1.29 is 19.0 Å². The van der Waals surface area contributed by atoms with E-state index in [0.717, 1.165) is 11.1 Å². The zero-order valence-corrected chi connectivity index (χ0v) is 15.2. The predicted molar refractivity (Wildman–Crippen MR) is 102 cm³/mol. The van der Waals surface area contributed by atoms with Crippen LogP contribution in [0.3, 0.4) is 0 Å². The first-order chi connectivity index (χ1) is 11.0. The fourth-order valence-electron chi connectivity index (χ4n) is 2.68. The van der Waals surface area contributed by atoms with E-state index >= 15 is 0 Å². The molecule has 1 atom stereocenters. The Hall–Kier alpha value is -1.46. The molecule has 0 saturated carbocycles. The number of hydrogen-bond acceptors (Lipinski definition) is 4. The quantitative estimate of drug-likeness (QED) is 0.476. The summed E-state index contributed by atoms with van der Waals surface area (Å²) in [7, 11) is 7.18. The van der Waals surface area contributed by atoms with Crippen LogP contribution in [0.4, 0.5) is 0 Å². The fraction of sp³-hybridized carbons (Fsp3) is 0.278. The Morgan fingerprint density at radius 2 is 1.46 bits per heavy atom. The van der Waals surface area contributed by atoms with Gasteiger partial charge in [0.15, 0.2) is 0 Å². The number of aryl methyl sites for hydroxylation is 2. The number of carbonyl (C=O) groups is 1. The Kier molecular flexibility index (Phi) is 7.36. The third-order valence-electron chi connectivity index (χ3n) is 3.82. The van der Waals surface area contributed by atoms with Gasteiger partial charge in [0, 0.05) is 11.6 Å². The average Bonchev–Trinajstić information content (AvgIpc) is 2.53. The van der Waals surface area contributed by atoms with E-state index < -0.39 is 0 Å². The molecule has 0 spiro atoms. The van der Waals surface area contributed by atoms with E-state index in [-0.39, 0.29) is 24.6 Å². The number of ketones is 1. The van der Waals surface area contributed by atoms with Crippen LogP contribution in [0.1, 0.15) is 27.0 Å². The van der Waals surface area contributed by atoms with Crippen molar-refractivity contribution in [2.75, 3.05) is 21.3 Å². The Morgan fingerprint density at radius 3 is 1.92 bits per heavy atom. The van der Waals surface area contributed by atoms with E-state index in [9.17, 15) is 4.79 Å². The number of ether oxygens (including phenoxy) is 3. The van der Waals surface area contributed by atoms with Crippen molar-refractivity contribution in [1.82, 2.24) is 0 Å². The molecule has 4 nitrogen and oxygen atoms in total. The second-order valence-electron chi connectivity index (χ2n) is 5.20. The van der Waals surface area contributed by atoms with Gasteiger partial charge < -0.3 is 14.2 Å². The second kappa shape index (κ2) is 8.58. The zero-order valence-electron chi connectivity index (χ0n) is 14.0. The molecule has 2 aromatic carbocycles. The fourth-order valence-corrected chi connectivity index (χ4v) is 3.15. The zero-order chi connectivity index (χ0) is 17.1. The summed E-state index contributed by atoms with van der Waals surface area (Å²) in [6.45, 7) is 3.84. The first-order valence-electron chi connectivity index (χ1n) is 7.15. The summed E-state index contributed by atoms with van der Waals surface area (Å²) >= 11 is 0. The first kappa shape index (κ1) is 20.6. The van der Waals surface area contributed by atoms with Gasteiger partial charge in [-0.05, 0) is 25.0 Å². The van der Waals surface area contributed by atoms with E-state index in [1.54, 1.807) is 13.2 Å². The third-order valence-corrected chi connectivity index (χ3v) is 4.37. The molecule has 0 aliphatic heterocycles. The van der Waals surface area contributed by atoms with Crippen LogP contribution in [0.25, 0.3) is 0 Å². The molecule has 0 aliphatic carbocycles. The van der Waals surface area contributed by atoms with Crippen LogP contribution < -0.4 is 19.5 Å². The second-order valence-corrected chi connectivity index (χ2v) is 5.78. The van der Waals surface area contributed by atoms with Crippen molar-refractivity contribution in [1.29, 1.82) is 0 Å². The number of methoxy groups -OCH3 is 3. The molecule has 0 heterocycles. The number of hydrogen-bond donors (Lipinski definition) is 0. The van der Waals surface area contributed by atoms with Gasteiger partial charge in [0.05, 0.1) is 26.6 Å². The Morgan fingerprint density at radius 1 is 0.917 bits per heavy atom. The van der Waals surface area contributed by atoms with Gasteiger partial charge in [0.1, 0.15) is 22.8 Å². The molecule has 0 amide bonds. The molecular weight excluding hydrogens is 318 g/mol. The topological polar surface area (TPSA) is 44.8 Å². The Labute approximate surface area is 157 Å². The van der Waals surface area contributed by atoms with E-state index in [2.05, 4.69) is 9.24 Å². The van der Waals surface area contributed by atoms with Gasteiger partial charge >= 0.3 is 18.9 Å². The summed E-state index contributed by atoms with van der Waals surface area (Å²) in [4.78, 5) is 13.2. The van der Waals surface area contributed by atoms with Gasteiger partial charge in [-0.1, -0.05) is 27.4 Å². The van der Waals surface area contributed by atoms with E-state index in [4.69, 9.17) is 14.2 Å². The van der Waals surface area contributed by atoms with Crippen LogP contribution in [0.2, 0.25) is 0 Å². The first-order valence-corrected chi connectivity index (χ1v) is 7.73. The summed E-state index contributed by atoms with van der Waals surface area (Å²) in [5.74, 6) is 1.33. The van der Waals surface area contributed by atoms with Crippen LogP contribution in [0.15, 0.2) is 24.3 Å². The maximum absolute atomic E-state index is 13.2. The molecule has 0 radical (unpaired) electrons. The molecule has 0 saturated heterocycles. The molecule has 0 fully saturated rings. The van der Waals surface area contributed by atoms with Crippen LogP contribution in [0, 0.1) is 13.8 Å². The van der Waals surface area contributed by atoms with Gasteiger partial charge in [0.2, 0.25) is 5.78 Å². The molecule has 0 aromatic heterocycles. The molecule has 0 N–H and O–H groups in total. The number of carbonyl (C=O) groups excluding carboxylic acids is 1. The Bertz CT molecular complexity index is 739. The summed E-state index contributed by atoms with van der Waals surface area (Å²) in [6, 6.07) is 7.48. The summed E-state index contributed by atoms with van der Waals surface area (Å²) < 4.78 is 16.2. The normalized spacial score (nSPS) is 9.92. The molecule has 6 heteroatoms. The van der Waals surface area contributed by atoms with Crippen molar-refractivity contribution in [3.05, 3.63) is 46.5 Å². The molecule has 24 heavy (non-hydrogen) atoms. The van der Waals surface area contributed by atoms with Crippen molar-refractivity contribution in [2.45, 2.75) is 13.8 Å². The van der Waals surface area contributed by atoms with Crippen LogP contribution in [0.5, 0.6) is 17.2 Å². The van der Waals surface area contributed by atoms with Crippen LogP contribution >= 0.6 is 9.24 Å². The van der Waals surface area contributed by atoms with Crippen LogP contribution in [-0.2, 0) is 0 Å². The molecule has 1 unspecified atom stereocenters. The molecule has 2 rings (SSSR count). The molecule has 124 valence electrons. The van der Waals surface area contributed by atoms with Gasteiger partial charge in [-0.15, -0.1) is 0 Å². The monoisotopic (exact) mass is 340 g/mol. The molecule has 0 bridgehead atoms. The molecular formula is C18H22LiO4P. The van der Waals surface area contributed by atoms with E-state index in [1.165, 1.54) is 14.2 Å².